The van der Waals surface area contributed by atoms with Crippen LogP contribution in [-0.2, 0) is 12.8 Å². The maximum atomic E-state index is 4.47. The maximum absolute atomic E-state index is 4.47. The van der Waals surface area contributed by atoms with Crippen molar-refractivity contribution in [3.63, 3.8) is 0 Å². The lowest BCUT2D eigenvalue weighted by Gasteiger charge is -2.28. The van der Waals surface area contributed by atoms with Gasteiger partial charge in [0.1, 0.15) is 0 Å². The number of rotatable bonds is 4. The highest BCUT2D eigenvalue weighted by atomic mass is 14.7. The maximum Gasteiger partial charge on any atom is 0.0406 e. The molecule has 0 N–H and O–H groups in total. The smallest absolute Gasteiger partial charge is 0.0406 e. The minimum Gasteiger partial charge on any atom is -0.261 e. The summed E-state index contributed by atoms with van der Waals surface area (Å²) in [5.41, 5.74) is 4.13. The molecule has 1 heteroatoms. The number of aromatic nitrogens is 1. The minimum atomic E-state index is 0.842. The second-order valence-corrected chi connectivity index (χ2v) is 6.60. The lowest BCUT2D eigenvalue weighted by Crippen LogP contribution is -2.18. The van der Waals surface area contributed by atoms with Gasteiger partial charge in [-0.15, -0.1) is 0 Å². The molecule has 1 aliphatic rings. The van der Waals surface area contributed by atoms with E-state index < -0.39 is 0 Å². The van der Waals surface area contributed by atoms with Crippen molar-refractivity contribution in [3.05, 3.63) is 65.5 Å². The zero-order valence-electron chi connectivity index (χ0n) is 13.0. The molecule has 0 amide bonds. The van der Waals surface area contributed by atoms with E-state index in [0.29, 0.717) is 0 Å². The van der Waals surface area contributed by atoms with Crippen LogP contribution >= 0.6 is 0 Å². The summed E-state index contributed by atoms with van der Waals surface area (Å²) in [6.45, 7) is 2.16. The summed E-state index contributed by atoms with van der Waals surface area (Å²) >= 11 is 0. The normalized spacial score (nSPS) is 22.1. The van der Waals surface area contributed by atoms with Gasteiger partial charge in [0.15, 0.2) is 0 Å². The van der Waals surface area contributed by atoms with E-state index in [0.717, 1.165) is 18.3 Å². The molecule has 0 radical (unpaired) electrons. The zero-order chi connectivity index (χ0) is 14.5. The van der Waals surface area contributed by atoms with E-state index in [1.807, 2.05) is 12.3 Å². The van der Waals surface area contributed by atoms with Crippen molar-refractivity contribution in [2.24, 2.45) is 11.8 Å². The Balaban J connectivity index is 1.47. The van der Waals surface area contributed by atoms with Crippen molar-refractivity contribution < 1.29 is 0 Å². The molecule has 1 aromatic heterocycles. The Bertz CT molecular complexity index is 536. The SMILES string of the molecule is Cc1ccc(CC2CCC(Cc3ccccn3)CC2)cc1. The highest BCUT2D eigenvalue weighted by molar-refractivity contribution is 5.21. The fourth-order valence-corrected chi connectivity index (χ4v) is 3.51. The largest absolute Gasteiger partial charge is 0.261 e. The van der Waals surface area contributed by atoms with Crippen molar-refractivity contribution in [3.8, 4) is 0 Å². The predicted octanol–water partition coefficient (Wildman–Crippen LogP) is 4.98. The first-order chi connectivity index (χ1) is 10.3. The zero-order valence-corrected chi connectivity index (χ0v) is 13.0. The molecule has 1 nitrogen and oxygen atoms in total. The monoisotopic (exact) mass is 279 g/mol. The van der Waals surface area contributed by atoms with Gasteiger partial charge in [0.25, 0.3) is 0 Å². The fourth-order valence-electron chi connectivity index (χ4n) is 3.51. The van der Waals surface area contributed by atoms with E-state index in [2.05, 4.69) is 48.3 Å². The van der Waals surface area contributed by atoms with Crippen LogP contribution in [0, 0.1) is 18.8 Å². The molecule has 0 unspecified atom stereocenters. The van der Waals surface area contributed by atoms with Crippen LogP contribution < -0.4 is 0 Å². The van der Waals surface area contributed by atoms with Crippen molar-refractivity contribution >= 4 is 0 Å². The first kappa shape index (κ1) is 14.3. The molecule has 2 aromatic rings. The van der Waals surface area contributed by atoms with Gasteiger partial charge in [-0.25, -0.2) is 0 Å². The second-order valence-electron chi connectivity index (χ2n) is 6.60. The Morgan fingerprint density at radius 2 is 1.52 bits per heavy atom. The van der Waals surface area contributed by atoms with Gasteiger partial charge in [-0.2, -0.15) is 0 Å². The molecule has 1 aromatic carbocycles. The third-order valence-electron chi connectivity index (χ3n) is 4.84. The summed E-state index contributed by atoms with van der Waals surface area (Å²) in [6, 6.07) is 15.3. The van der Waals surface area contributed by atoms with Crippen LogP contribution in [0.5, 0.6) is 0 Å². The second kappa shape index (κ2) is 6.89. The molecule has 3 rings (SSSR count). The molecule has 0 aliphatic heterocycles. The highest BCUT2D eigenvalue weighted by Crippen LogP contribution is 2.32. The summed E-state index contributed by atoms with van der Waals surface area (Å²) in [5, 5.41) is 0. The van der Waals surface area contributed by atoms with Gasteiger partial charge >= 0.3 is 0 Å². The van der Waals surface area contributed by atoms with E-state index in [4.69, 9.17) is 0 Å². The summed E-state index contributed by atoms with van der Waals surface area (Å²) in [4.78, 5) is 4.47. The molecule has 110 valence electrons. The molecule has 0 bridgehead atoms. The topological polar surface area (TPSA) is 12.9 Å². The molecular formula is C20H25N. The van der Waals surface area contributed by atoms with Gasteiger partial charge in [-0.3, -0.25) is 4.98 Å². The molecule has 1 heterocycles. The lowest BCUT2D eigenvalue weighted by molar-refractivity contribution is 0.271. The van der Waals surface area contributed by atoms with Crippen LogP contribution in [-0.4, -0.2) is 4.98 Å². The summed E-state index contributed by atoms with van der Waals surface area (Å²) < 4.78 is 0. The standard InChI is InChI=1S/C20H25N/c1-16-5-7-17(8-6-16)14-18-9-11-19(12-10-18)15-20-4-2-3-13-21-20/h2-8,13,18-19H,9-12,14-15H2,1H3. The number of pyridine rings is 1. The van der Waals surface area contributed by atoms with Gasteiger partial charge in [0.2, 0.25) is 0 Å². The van der Waals surface area contributed by atoms with E-state index in [1.165, 1.54) is 48.9 Å². The van der Waals surface area contributed by atoms with Crippen LogP contribution in [0.15, 0.2) is 48.7 Å². The summed E-state index contributed by atoms with van der Waals surface area (Å²) in [6.07, 6.45) is 9.84. The van der Waals surface area contributed by atoms with Gasteiger partial charge in [0.05, 0.1) is 0 Å². The predicted molar refractivity (Wildman–Crippen MR) is 88.3 cm³/mol. The average molecular weight is 279 g/mol. The minimum absolute atomic E-state index is 0.842. The summed E-state index contributed by atoms with van der Waals surface area (Å²) in [5.74, 6) is 1.72. The molecular weight excluding hydrogens is 254 g/mol. The van der Waals surface area contributed by atoms with E-state index in [1.54, 1.807) is 0 Å². The Morgan fingerprint density at radius 1 is 0.857 bits per heavy atom. The molecule has 0 saturated heterocycles. The van der Waals surface area contributed by atoms with E-state index in [-0.39, 0.29) is 0 Å². The van der Waals surface area contributed by atoms with Crippen molar-refractivity contribution in [2.45, 2.75) is 45.4 Å². The van der Waals surface area contributed by atoms with Crippen LogP contribution in [0.3, 0.4) is 0 Å². The number of hydrogen-bond donors (Lipinski definition) is 0. The Labute approximate surface area is 128 Å². The molecule has 0 atom stereocenters. The molecule has 1 aliphatic carbocycles. The summed E-state index contributed by atoms with van der Waals surface area (Å²) in [7, 11) is 0. The van der Waals surface area contributed by atoms with Gasteiger partial charge in [-0.05, 0) is 75.0 Å². The van der Waals surface area contributed by atoms with Crippen LogP contribution in [0.4, 0.5) is 0 Å². The van der Waals surface area contributed by atoms with Crippen LogP contribution in [0.1, 0.15) is 42.5 Å². The van der Waals surface area contributed by atoms with Gasteiger partial charge < -0.3 is 0 Å². The van der Waals surface area contributed by atoms with E-state index >= 15 is 0 Å². The van der Waals surface area contributed by atoms with E-state index in [9.17, 15) is 0 Å². The third kappa shape index (κ3) is 4.17. The van der Waals surface area contributed by atoms with Gasteiger partial charge in [0, 0.05) is 11.9 Å². The Morgan fingerprint density at radius 3 is 2.14 bits per heavy atom. The Hall–Kier alpha value is -1.63. The molecule has 1 saturated carbocycles. The molecule has 0 spiro atoms. The van der Waals surface area contributed by atoms with Crippen molar-refractivity contribution in [1.29, 1.82) is 0 Å². The fraction of sp³-hybridized carbons (Fsp3) is 0.450. The first-order valence-corrected chi connectivity index (χ1v) is 8.25. The number of nitrogens with zero attached hydrogens (tertiary/aromatic N) is 1. The number of aryl methyl sites for hydroxylation is 1. The van der Waals surface area contributed by atoms with Crippen LogP contribution in [0.2, 0.25) is 0 Å². The molecule has 1 fully saturated rings. The molecule has 21 heavy (non-hydrogen) atoms. The number of benzene rings is 1. The van der Waals surface area contributed by atoms with Crippen molar-refractivity contribution in [2.75, 3.05) is 0 Å². The first-order valence-electron chi connectivity index (χ1n) is 8.25. The lowest BCUT2D eigenvalue weighted by atomic mass is 9.77. The van der Waals surface area contributed by atoms with Gasteiger partial charge in [-0.1, -0.05) is 35.9 Å². The highest BCUT2D eigenvalue weighted by Gasteiger charge is 2.21. The van der Waals surface area contributed by atoms with Crippen LogP contribution in [0.25, 0.3) is 0 Å². The number of hydrogen-bond acceptors (Lipinski definition) is 1. The quantitative estimate of drug-likeness (QED) is 0.769. The third-order valence-corrected chi connectivity index (χ3v) is 4.84. The van der Waals surface area contributed by atoms with Crippen molar-refractivity contribution in [1.82, 2.24) is 4.98 Å². The average Bonchev–Trinajstić information content (AvgIpc) is 2.53. The Kier molecular flexibility index (Phi) is 4.69.